The zero-order valence-electron chi connectivity index (χ0n) is 21.7. The molecule has 200 valence electrons. The minimum absolute atomic E-state index is 0.0329. The fraction of sp³-hybridized carbons (Fsp3) is 0.467. The second-order valence-electron chi connectivity index (χ2n) is 9.15. The predicted molar refractivity (Wildman–Crippen MR) is 142 cm³/mol. The SMILES string of the molecule is CCCCC.[C-]#[N+]c1cccc(-c2cccc(COC3CCCC(=CCCNC(=O)C(F)(F)F)C3)c2)c1. The summed E-state index contributed by atoms with van der Waals surface area (Å²) >= 11 is 0. The molecule has 0 spiro atoms. The normalized spacial score (nSPS) is 16.4. The van der Waals surface area contributed by atoms with Crippen LogP contribution in [0.2, 0.25) is 0 Å². The van der Waals surface area contributed by atoms with Gasteiger partial charge in [-0.25, -0.2) is 4.85 Å². The van der Waals surface area contributed by atoms with Crippen LogP contribution in [0.5, 0.6) is 0 Å². The summed E-state index contributed by atoms with van der Waals surface area (Å²) < 4.78 is 42.7. The van der Waals surface area contributed by atoms with Crippen LogP contribution in [0.25, 0.3) is 16.0 Å². The molecule has 2 aromatic carbocycles. The first kappa shape index (κ1) is 30.1. The van der Waals surface area contributed by atoms with Gasteiger partial charge < -0.3 is 10.1 Å². The van der Waals surface area contributed by atoms with Crippen LogP contribution in [0.15, 0.2) is 60.2 Å². The molecule has 3 rings (SSSR count). The third-order valence-electron chi connectivity index (χ3n) is 6.06. The van der Waals surface area contributed by atoms with E-state index in [9.17, 15) is 18.0 Å². The van der Waals surface area contributed by atoms with Gasteiger partial charge in [-0.1, -0.05) is 81.2 Å². The first-order valence-corrected chi connectivity index (χ1v) is 13.0. The quantitative estimate of drug-likeness (QED) is 0.207. The number of hydrogen-bond acceptors (Lipinski definition) is 2. The summed E-state index contributed by atoms with van der Waals surface area (Å²) in [5.74, 6) is -1.90. The highest BCUT2D eigenvalue weighted by molar-refractivity contribution is 5.81. The van der Waals surface area contributed by atoms with E-state index in [2.05, 4.69) is 24.8 Å². The number of nitrogens with one attached hydrogen (secondary N) is 1. The summed E-state index contributed by atoms with van der Waals surface area (Å²) in [6.07, 6.45) is 5.14. The van der Waals surface area contributed by atoms with Gasteiger partial charge in [0, 0.05) is 6.54 Å². The number of ether oxygens (including phenoxy) is 1. The minimum Gasteiger partial charge on any atom is -0.373 e. The monoisotopic (exact) mass is 514 g/mol. The molecule has 0 radical (unpaired) electrons. The van der Waals surface area contributed by atoms with Gasteiger partial charge in [-0.2, -0.15) is 13.2 Å². The predicted octanol–water partition coefficient (Wildman–Crippen LogP) is 8.56. The Morgan fingerprint density at radius 3 is 2.49 bits per heavy atom. The Morgan fingerprint density at radius 2 is 1.84 bits per heavy atom. The van der Waals surface area contributed by atoms with Gasteiger partial charge in [0.2, 0.25) is 0 Å². The van der Waals surface area contributed by atoms with Crippen LogP contribution in [-0.4, -0.2) is 24.7 Å². The number of alkyl halides is 3. The third kappa shape index (κ3) is 11.2. The lowest BCUT2D eigenvalue weighted by atomic mass is 9.91. The van der Waals surface area contributed by atoms with Crippen LogP contribution in [0.3, 0.4) is 0 Å². The smallest absolute Gasteiger partial charge is 0.373 e. The molecule has 4 nitrogen and oxygen atoms in total. The number of halogens is 3. The molecule has 0 aromatic heterocycles. The third-order valence-corrected chi connectivity index (χ3v) is 6.06. The Bertz CT molecular complexity index is 1060. The van der Waals surface area contributed by atoms with Crippen LogP contribution < -0.4 is 5.32 Å². The van der Waals surface area contributed by atoms with Crippen molar-refractivity contribution in [2.45, 2.75) is 84.1 Å². The zero-order valence-corrected chi connectivity index (χ0v) is 21.7. The number of benzene rings is 2. The Hall–Kier alpha value is -3.11. The molecule has 7 heteroatoms. The molecule has 2 aromatic rings. The van der Waals surface area contributed by atoms with Crippen LogP contribution in [0.4, 0.5) is 18.9 Å². The van der Waals surface area contributed by atoms with E-state index < -0.39 is 12.1 Å². The minimum atomic E-state index is -4.84. The highest BCUT2D eigenvalue weighted by Gasteiger charge is 2.38. The molecular weight excluding hydrogens is 477 g/mol. The average molecular weight is 515 g/mol. The molecular formula is C30H37F3N2O2. The maximum absolute atomic E-state index is 12.2. The number of nitrogens with zero attached hydrogens (tertiary/aromatic N) is 1. The van der Waals surface area contributed by atoms with Crippen molar-refractivity contribution in [3.05, 3.63) is 77.2 Å². The topological polar surface area (TPSA) is 42.7 Å². The molecule has 0 saturated heterocycles. The van der Waals surface area contributed by atoms with Crippen molar-refractivity contribution in [1.29, 1.82) is 0 Å². The summed E-state index contributed by atoms with van der Waals surface area (Å²) in [6.45, 7) is 12.0. The van der Waals surface area contributed by atoms with Gasteiger partial charge in [-0.15, -0.1) is 0 Å². The summed E-state index contributed by atoms with van der Waals surface area (Å²) in [6, 6.07) is 15.5. The molecule has 0 aliphatic heterocycles. The second-order valence-corrected chi connectivity index (χ2v) is 9.15. The summed E-state index contributed by atoms with van der Waals surface area (Å²) in [5.41, 5.74) is 4.82. The van der Waals surface area contributed by atoms with E-state index >= 15 is 0 Å². The molecule has 1 atom stereocenters. The van der Waals surface area contributed by atoms with Crippen molar-refractivity contribution in [2.75, 3.05) is 6.54 Å². The summed E-state index contributed by atoms with van der Waals surface area (Å²) in [7, 11) is 0. The standard InChI is InChI=1S/C25H25F3N2O2.C5H12/c1-29-22-11-4-10-21(16-22)20-9-2-7-19(14-20)17-32-23-12-3-6-18(15-23)8-5-13-30-24(31)25(26,27)28;1-3-5-4-2/h2,4,7-11,14,16,23H,3,5-6,12-13,15,17H2,(H,30,31);3-5H2,1-2H3. The molecule has 1 aliphatic carbocycles. The molecule has 1 unspecified atom stereocenters. The number of carbonyl (C=O) groups is 1. The average Bonchev–Trinajstić information content (AvgIpc) is 2.90. The molecule has 0 bridgehead atoms. The fourth-order valence-electron chi connectivity index (χ4n) is 4.11. The van der Waals surface area contributed by atoms with Crippen LogP contribution in [0.1, 0.15) is 70.8 Å². The van der Waals surface area contributed by atoms with E-state index in [0.717, 1.165) is 47.9 Å². The second kappa shape index (κ2) is 15.9. The molecule has 1 saturated carbocycles. The number of carbonyl (C=O) groups excluding carboxylic acids is 1. The molecule has 1 N–H and O–H groups in total. The van der Waals surface area contributed by atoms with Gasteiger partial charge in [-0.05, 0) is 60.9 Å². The Labute approximate surface area is 218 Å². The maximum Gasteiger partial charge on any atom is 0.471 e. The van der Waals surface area contributed by atoms with Gasteiger partial charge >= 0.3 is 12.1 Å². The van der Waals surface area contributed by atoms with Crippen molar-refractivity contribution in [1.82, 2.24) is 5.32 Å². The molecule has 1 amide bonds. The van der Waals surface area contributed by atoms with Gasteiger partial charge in [0.05, 0.1) is 19.3 Å². The highest BCUT2D eigenvalue weighted by Crippen LogP contribution is 2.28. The summed E-state index contributed by atoms with van der Waals surface area (Å²) in [5, 5.41) is 1.89. The van der Waals surface area contributed by atoms with Crippen molar-refractivity contribution in [3.8, 4) is 11.1 Å². The lowest BCUT2D eigenvalue weighted by Crippen LogP contribution is -2.37. The largest absolute Gasteiger partial charge is 0.471 e. The van der Waals surface area contributed by atoms with E-state index in [0.29, 0.717) is 18.7 Å². The Balaban J connectivity index is 0.000000877. The van der Waals surface area contributed by atoms with E-state index in [-0.39, 0.29) is 12.6 Å². The van der Waals surface area contributed by atoms with Crippen molar-refractivity contribution in [2.24, 2.45) is 0 Å². The molecule has 1 aliphatic rings. The highest BCUT2D eigenvalue weighted by atomic mass is 19.4. The Morgan fingerprint density at radius 1 is 1.14 bits per heavy atom. The Kier molecular flexibility index (Phi) is 12.9. The molecule has 1 fully saturated rings. The van der Waals surface area contributed by atoms with Crippen molar-refractivity contribution < 1.29 is 22.7 Å². The van der Waals surface area contributed by atoms with E-state index in [1.165, 1.54) is 19.3 Å². The lowest BCUT2D eigenvalue weighted by Gasteiger charge is -2.25. The van der Waals surface area contributed by atoms with E-state index in [1.807, 2.05) is 47.8 Å². The number of amides is 1. The van der Waals surface area contributed by atoms with E-state index in [1.54, 1.807) is 6.07 Å². The number of unbranched alkanes of at least 4 members (excludes halogenated alkanes) is 2. The number of rotatable bonds is 9. The maximum atomic E-state index is 12.2. The van der Waals surface area contributed by atoms with Crippen LogP contribution in [0, 0.1) is 6.57 Å². The number of hydrogen-bond donors (Lipinski definition) is 1. The first-order valence-electron chi connectivity index (χ1n) is 13.0. The first-order chi connectivity index (χ1) is 17.8. The van der Waals surface area contributed by atoms with Gasteiger partial charge in [0.25, 0.3) is 0 Å². The van der Waals surface area contributed by atoms with E-state index in [4.69, 9.17) is 11.3 Å². The van der Waals surface area contributed by atoms with Gasteiger partial charge in [0.15, 0.2) is 5.69 Å². The zero-order chi connectivity index (χ0) is 27.1. The van der Waals surface area contributed by atoms with Crippen molar-refractivity contribution in [3.63, 3.8) is 0 Å². The van der Waals surface area contributed by atoms with Crippen LogP contribution in [-0.2, 0) is 16.1 Å². The fourth-order valence-corrected chi connectivity index (χ4v) is 4.11. The van der Waals surface area contributed by atoms with Gasteiger partial charge in [0.1, 0.15) is 0 Å². The lowest BCUT2D eigenvalue weighted by molar-refractivity contribution is -0.173. The van der Waals surface area contributed by atoms with Crippen molar-refractivity contribution >= 4 is 11.6 Å². The van der Waals surface area contributed by atoms with Gasteiger partial charge in [-0.3, -0.25) is 4.79 Å². The summed E-state index contributed by atoms with van der Waals surface area (Å²) in [4.78, 5) is 14.3. The van der Waals surface area contributed by atoms with Crippen LogP contribution >= 0.6 is 0 Å². The molecule has 0 heterocycles. The molecule has 37 heavy (non-hydrogen) atoms.